The highest BCUT2D eigenvalue weighted by molar-refractivity contribution is 5.58. The monoisotopic (exact) mass is 423 g/mol. The second-order valence-electron chi connectivity index (χ2n) is 7.56. The van der Waals surface area contributed by atoms with Gasteiger partial charge in [0.15, 0.2) is 0 Å². The first-order valence-electron chi connectivity index (χ1n) is 9.94. The Morgan fingerprint density at radius 1 is 0.871 bits per heavy atom. The van der Waals surface area contributed by atoms with Crippen molar-refractivity contribution in [1.29, 1.82) is 0 Å². The molecule has 164 valence electrons. The van der Waals surface area contributed by atoms with Crippen LogP contribution in [0.4, 0.5) is 5.82 Å². The molecule has 2 atom stereocenters. The lowest BCUT2D eigenvalue weighted by Crippen LogP contribution is -2.64. The molecule has 1 aliphatic rings. The fourth-order valence-corrected chi connectivity index (χ4v) is 4.43. The lowest BCUT2D eigenvalue weighted by molar-refractivity contribution is -0.536. The van der Waals surface area contributed by atoms with E-state index in [9.17, 15) is 10.2 Å². The molecule has 1 aliphatic carbocycles. The van der Waals surface area contributed by atoms with Crippen LogP contribution >= 0.6 is 0 Å². The van der Waals surface area contributed by atoms with E-state index in [1.54, 1.807) is 23.7 Å². The van der Waals surface area contributed by atoms with Crippen LogP contribution < -0.4 is 30.2 Å². The maximum absolute atomic E-state index is 13.4. The van der Waals surface area contributed by atoms with Gasteiger partial charge < -0.3 is 30.2 Å². The summed E-state index contributed by atoms with van der Waals surface area (Å²) in [5, 5.41) is 31.2. The Balaban J connectivity index is 1.72. The van der Waals surface area contributed by atoms with Crippen molar-refractivity contribution in [1.82, 2.24) is 9.78 Å². The predicted octanol–water partition coefficient (Wildman–Crippen LogP) is 1.13. The molecule has 1 fully saturated rings. The van der Waals surface area contributed by atoms with Crippen LogP contribution in [0.2, 0.25) is 0 Å². The first kappa shape index (κ1) is 21.0. The van der Waals surface area contributed by atoms with Gasteiger partial charge in [-0.3, -0.25) is 0 Å². The number of hydrogen-bond acceptors (Lipinski definition) is 7. The maximum atomic E-state index is 13.4. The average molecular weight is 423 g/mol. The smallest absolute Gasteiger partial charge is 0.130 e. The van der Waals surface area contributed by atoms with E-state index in [2.05, 4.69) is 5.10 Å². The van der Waals surface area contributed by atoms with Crippen molar-refractivity contribution >= 4 is 5.82 Å². The molecule has 0 saturated heterocycles. The highest BCUT2D eigenvalue weighted by atomic mass is 16.5. The van der Waals surface area contributed by atoms with Crippen molar-refractivity contribution in [2.75, 3.05) is 27.1 Å². The average Bonchev–Trinajstić information content (AvgIpc) is 3.08. The van der Waals surface area contributed by atoms with Crippen LogP contribution in [0.15, 0.2) is 42.5 Å². The summed E-state index contributed by atoms with van der Waals surface area (Å²) in [6, 6.07) is 12.7. The number of aryl methyl sites for hydroxylation is 1. The molecule has 0 aliphatic heterocycles. The summed E-state index contributed by atoms with van der Waals surface area (Å²) in [7, 11) is 4.50. The number of benzene rings is 2. The van der Waals surface area contributed by atoms with E-state index in [4.69, 9.17) is 19.9 Å². The predicted molar refractivity (Wildman–Crippen MR) is 112 cm³/mol. The summed E-state index contributed by atoms with van der Waals surface area (Å²) in [4.78, 5) is 0. The molecule has 0 bridgehead atoms. The third-order valence-corrected chi connectivity index (χ3v) is 5.98. The Bertz CT molecular complexity index is 1050. The van der Waals surface area contributed by atoms with Crippen LogP contribution in [0.5, 0.6) is 17.2 Å². The van der Waals surface area contributed by atoms with Crippen LogP contribution in [-0.4, -0.2) is 43.3 Å². The van der Waals surface area contributed by atoms with E-state index >= 15 is 0 Å². The molecule has 0 radical (unpaired) electrons. The molecular weight excluding hydrogens is 398 g/mol. The van der Waals surface area contributed by atoms with Gasteiger partial charge in [-0.05, 0) is 30.9 Å². The van der Waals surface area contributed by atoms with Gasteiger partial charge in [-0.15, -0.1) is 12.2 Å². The lowest BCUT2D eigenvalue weighted by atomic mass is 9.62. The fourth-order valence-electron chi connectivity index (χ4n) is 4.43. The SMILES string of the molecule is COc1cc(OC)c(C2C([O-])C(c3c(C)nn(-c4ccccc4)c3N)C2[O-])c(OC)c1. The molecule has 2 unspecified atom stereocenters. The van der Waals surface area contributed by atoms with Gasteiger partial charge in [-0.1, -0.05) is 18.2 Å². The maximum Gasteiger partial charge on any atom is 0.130 e. The zero-order valence-corrected chi connectivity index (χ0v) is 17.9. The minimum atomic E-state index is -1.21. The van der Waals surface area contributed by atoms with Crippen LogP contribution in [0.1, 0.15) is 28.7 Å². The number of nitrogens with two attached hydrogens (primary N) is 1. The summed E-state index contributed by atoms with van der Waals surface area (Å²) in [6.45, 7) is 1.77. The van der Waals surface area contributed by atoms with Crippen LogP contribution in [0, 0.1) is 6.92 Å². The number of para-hydroxylation sites is 1. The molecule has 0 amide bonds. The first-order chi connectivity index (χ1) is 14.9. The Morgan fingerprint density at radius 2 is 1.42 bits per heavy atom. The van der Waals surface area contributed by atoms with Gasteiger partial charge in [0.05, 0.1) is 32.7 Å². The van der Waals surface area contributed by atoms with Gasteiger partial charge in [0, 0.05) is 23.3 Å². The van der Waals surface area contributed by atoms with Crippen molar-refractivity contribution in [2.24, 2.45) is 0 Å². The minimum absolute atomic E-state index is 0.322. The largest absolute Gasteiger partial charge is 0.851 e. The number of hydrogen-bond donors (Lipinski definition) is 1. The molecule has 1 heterocycles. The van der Waals surface area contributed by atoms with E-state index in [1.165, 1.54) is 21.3 Å². The summed E-state index contributed by atoms with van der Waals surface area (Å²) < 4.78 is 17.7. The Hall–Kier alpha value is -3.23. The van der Waals surface area contributed by atoms with Crippen molar-refractivity contribution in [2.45, 2.75) is 31.0 Å². The normalized spacial score (nSPS) is 22.6. The minimum Gasteiger partial charge on any atom is -0.851 e. The van der Waals surface area contributed by atoms with Gasteiger partial charge in [0.1, 0.15) is 23.1 Å². The molecule has 8 heteroatoms. The molecule has 4 rings (SSSR count). The van der Waals surface area contributed by atoms with Crippen molar-refractivity contribution in [3.05, 3.63) is 59.3 Å². The molecule has 0 spiro atoms. The Morgan fingerprint density at radius 3 is 1.94 bits per heavy atom. The number of methoxy groups -OCH3 is 3. The van der Waals surface area contributed by atoms with E-state index in [0.717, 1.165) is 5.69 Å². The van der Waals surface area contributed by atoms with Crippen LogP contribution in [-0.2, 0) is 0 Å². The van der Waals surface area contributed by atoms with Gasteiger partial charge in [0.25, 0.3) is 0 Å². The van der Waals surface area contributed by atoms with Crippen LogP contribution in [0.25, 0.3) is 5.69 Å². The van der Waals surface area contributed by atoms with Gasteiger partial charge in [0.2, 0.25) is 0 Å². The topological polar surface area (TPSA) is 118 Å². The van der Waals surface area contributed by atoms with Gasteiger partial charge in [-0.2, -0.15) is 5.10 Å². The summed E-state index contributed by atoms with van der Waals surface area (Å²) in [5.41, 5.74) is 8.70. The molecule has 1 saturated carbocycles. The zero-order valence-electron chi connectivity index (χ0n) is 17.9. The highest BCUT2D eigenvalue weighted by Crippen LogP contribution is 2.53. The first-order valence-corrected chi connectivity index (χ1v) is 9.94. The fraction of sp³-hybridized carbons (Fsp3) is 0.348. The number of nitrogens with zero attached hydrogens (tertiary/aromatic N) is 2. The molecular formula is C23H25N3O5-2. The summed E-state index contributed by atoms with van der Waals surface area (Å²) in [5.74, 6) is -0.0133. The second-order valence-corrected chi connectivity index (χ2v) is 7.56. The molecule has 8 nitrogen and oxygen atoms in total. The van der Waals surface area contributed by atoms with Crippen molar-refractivity contribution in [3.63, 3.8) is 0 Å². The zero-order chi connectivity index (χ0) is 22.3. The molecule has 2 aromatic carbocycles. The van der Waals surface area contributed by atoms with E-state index in [0.29, 0.717) is 39.9 Å². The standard InChI is InChI=1S/C23H25N3O5/c1-12-17(23(24)26(25-12)13-8-6-5-7-9-13)19-21(27)20(22(19)28)18-15(30-3)10-14(29-2)11-16(18)31-4/h5-11,19-22H,24H2,1-4H3/q-2. The number of aromatic nitrogens is 2. The van der Waals surface area contributed by atoms with E-state index in [-0.39, 0.29) is 0 Å². The molecule has 31 heavy (non-hydrogen) atoms. The molecule has 3 aromatic rings. The molecule has 2 N–H and O–H groups in total. The summed E-state index contributed by atoms with van der Waals surface area (Å²) >= 11 is 0. The third kappa shape index (κ3) is 3.28. The summed E-state index contributed by atoms with van der Waals surface area (Å²) in [6.07, 6.45) is -2.43. The van der Waals surface area contributed by atoms with Gasteiger partial charge >= 0.3 is 0 Å². The Labute approximate surface area is 180 Å². The number of rotatable bonds is 6. The van der Waals surface area contributed by atoms with E-state index < -0.39 is 24.0 Å². The number of ether oxygens (including phenoxy) is 3. The lowest BCUT2D eigenvalue weighted by Gasteiger charge is -2.61. The highest BCUT2D eigenvalue weighted by Gasteiger charge is 2.44. The molecule has 1 aromatic heterocycles. The van der Waals surface area contributed by atoms with E-state index in [1.807, 2.05) is 30.3 Å². The second kappa shape index (κ2) is 8.13. The van der Waals surface area contributed by atoms with Crippen LogP contribution in [0.3, 0.4) is 0 Å². The third-order valence-electron chi connectivity index (χ3n) is 5.98. The number of anilines is 1. The van der Waals surface area contributed by atoms with Gasteiger partial charge in [-0.25, -0.2) is 4.68 Å². The quantitative estimate of drug-likeness (QED) is 0.631. The Kier molecular flexibility index (Phi) is 5.51. The van der Waals surface area contributed by atoms with Crippen molar-refractivity contribution < 1.29 is 24.4 Å². The van der Waals surface area contributed by atoms with Crippen molar-refractivity contribution in [3.8, 4) is 22.9 Å². The number of nitrogen functional groups attached to an aromatic ring is 1.